The van der Waals surface area contributed by atoms with E-state index in [0.717, 1.165) is 0 Å². The summed E-state index contributed by atoms with van der Waals surface area (Å²) < 4.78 is 0. The van der Waals surface area contributed by atoms with Crippen LogP contribution in [0.15, 0.2) is 36.0 Å². The number of rotatable bonds is 0. The maximum Gasteiger partial charge on any atom is 0.382 e. The Morgan fingerprint density at radius 1 is 1.57 bits per heavy atom. The molecule has 1 unspecified atom stereocenters. The molecule has 0 saturated carbocycles. The number of aliphatic carboxylic acids is 1. The topological polar surface area (TPSA) is 63.3 Å². The van der Waals surface area contributed by atoms with Gasteiger partial charge in [-0.25, -0.2) is 4.79 Å². The van der Waals surface area contributed by atoms with E-state index < -0.39 is 11.5 Å². The largest absolute Gasteiger partial charge is 0.472 e. The Morgan fingerprint density at radius 3 is 2.93 bits per heavy atom. The van der Waals surface area contributed by atoms with Gasteiger partial charge < -0.3 is 10.8 Å². The van der Waals surface area contributed by atoms with E-state index in [4.69, 9.17) is 10.8 Å². The van der Waals surface area contributed by atoms with Crippen molar-refractivity contribution in [2.45, 2.75) is 12.5 Å². The van der Waals surface area contributed by atoms with Gasteiger partial charge in [0.2, 0.25) is 0 Å². The lowest BCUT2D eigenvalue weighted by Gasteiger charge is -2.12. The van der Waals surface area contributed by atoms with Gasteiger partial charge in [-0.2, -0.15) is 0 Å². The molecule has 1 atom stereocenters. The van der Waals surface area contributed by atoms with Crippen LogP contribution in [-0.4, -0.2) is 16.6 Å². The van der Waals surface area contributed by atoms with E-state index in [-0.39, 0.29) is 0 Å². The van der Waals surface area contributed by atoms with E-state index in [1.165, 1.54) is 0 Å². The normalized spacial score (nSPS) is 24.6. The third kappa shape index (κ3) is 3.30. The number of carboxylic acid groups (broad SMARTS) is 1. The van der Waals surface area contributed by atoms with E-state index in [1.54, 1.807) is 24.3 Å². The van der Waals surface area contributed by atoms with Crippen molar-refractivity contribution in [1.29, 1.82) is 0 Å². The highest BCUT2D eigenvalue weighted by atomic mass is 16.4. The van der Waals surface area contributed by atoms with Crippen molar-refractivity contribution in [3.8, 4) is 11.8 Å². The monoisotopic (exact) mass is 189 g/mol. The Bertz CT molecular complexity index is 389. The van der Waals surface area contributed by atoms with Gasteiger partial charge in [0.25, 0.3) is 0 Å². The smallest absolute Gasteiger partial charge is 0.382 e. The summed E-state index contributed by atoms with van der Waals surface area (Å²) in [7, 11) is 0. The van der Waals surface area contributed by atoms with Gasteiger partial charge in [0, 0.05) is 11.5 Å². The molecule has 72 valence electrons. The number of allylic oxidation sites excluding steroid dienone is 4. The Labute approximate surface area is 82.6 Å². The van der Waals surface area contributed by atoms with Crippen LogP contribution in [0, 0.1) is 11.8 Å². The molecule has 1 rings (SSSR count). The van der Waals surface area contributed by atoms with Gasteiger partial charge >= 0.3 is 5.97 Å². The van der Waals surface area contributed by atoms with E-state index in [0.29, 0.717) is 5.57 Å². The maximum absolute atomic E-state index is 10.2. The van der Waals surface area contributed by atoms with Crippen molar-refractivity contribution in [2.75, 3.05) is 0 Å². The van der Waals surface area contributed by atoms with Crippen LogP contribution in [0.3, 0.4) is 0 Å². The van der Waals surface area contributed by atoms with Crippen LogP contribution in [0.5, 0.6) is 0 Å². The predicted molar refractivity (Wildman–Crippen MR) is 54.4 cm³/mol. The van der Waals surface area contributed by atoms with Crippen LogP contribution in [0.2, 0.25) is 0 Å². The van der Waals surface area contributed by atoms with E-state index >= 15 is 0 Å². The van der Waals surface area contributed by atoms with Crippen LogP contribution in [0.1, 0.15) is 6.92 Å². The summed E-state index contributed by atoms with van der Waals surface area (Å²) in [6.07, 6.45) is 8.81. The Hall–Kier alpha value is -1.79. The first-order valence-electron chi connectivity index (χ1n) is 4.12. The quantitative estimate of drug-likeness (QED) is 0.555. The molecule has 0 bridgehead atoms. The maximum atomic E-state index is 10.2. The zero-order chi connectivity index (χ0) is 10.6. The zero-order valence-electron chi connectivity index (χ0n) is 7.82. The molecule has 1 aliphatic carbocycles. The predicted octanol–water partition coefficient (Wildman–Crippen LogP) is 0.844. The third-order valence-electron chi connectivity index (χ3n) is 1.67. The van der Waals surface area contributed by atoms with Gasteiger partial charge in [-0.05, 0) is 19.1 Å². The van der Waals surface area contributed by atoms with Crippen molar-refractivity contribution < 1.29 is 9.90 Å². The second-order valence-corrected chi connectivity index (χ2v) is 3.24. The summed E-state index contributed by atoms with van der Waals surface area (Å²) in [5.41, 5.74) is 5.96. The van der Waals surface area contributed by atoms with Crippen molar-refractivity contribution in [1.82, 2.24) is 0 Å². The summed E-state index contributed by atoms with van der Waals surface area (Å²) >= 11 is 0. The lowest BCUT2D eigenvalue weighted by Crippen LogP contribution is -2.30. The molecule has 0 saturated heterocycles. The molecule has 0 aromatic rings. The summed E-state index contributed by atoms with van der Waals surface area (Å²) in [5, 5.41) is 8.35. The molecular weight excluding hydrogens is 178 g/mol. The number of hydrogen-bond acceptors (Lipinski definition) is 2. The average molecular weight is 189 g/mol. The number of carboxylic acids is 1. The molecule has 0 radical (unpaired) electrons. The second kappa shape index (κ2) is 3.95. The summed E-state index contributed by atoms with van der Waals surface area (Å²) in [4.78, 5) is 10.2. The molecule has 0 spiro atoms. The Kier molecular flexibility index (Phi) is 2.90. The molecule has 0 fully saturated rings. The van der Waals surface area contributed by atoms with Crippen LogP contribution in [-0.2, 0) is 4.79 Å². The minimum Gasteiger partial charge on any atom is -0.472 e. The average Bonchev–Trinajstić information content (AvgIpc) is 2.23. The van der Waals surface area contributed by atoms with Crippen LogP contribution in [0.25, 0.3) is 0 Å². The molecule has 0 aliphatic heterocycles. The van der Waals surface area contributed by atoms with Crippen molar-refractivity contribution >= 4 is 5.97 Å². The fourth-order valence-corrected chi connectivity index (χ4v) is 0.949. The minimum absolute atomic E-state index is 0.497. The molecule has 1 aliphatic rings. The molecule has 0 amide bonds. The standard InChI is InChI=1S/C11H11NO2/c1-11(12)7-2-3-9(6-8-11)4-5-10(13)14/h2-3,6-8H,12H2,1H3,(H,13,14). The molecular formula is C11H11NO2. The van der Waals surface area contributed by atoms with Crippen LogP contribution >= 0.6 is 0 Å². The fourth-order valence-electron chi connectivity index (χ4n) is 0.949. The molecule has 0 aromatic carbocycles. The highest BCUT2D eigenvalue weighted by Crippen LogP contribution is 2.10. The zero-order valence-corrected chi connectivity index (χ0v) is 7.82. The molecule has 0 aromatic heterocycles. The molecule has 14 heavy (non-hydrogen) atoms. The highest BCUT2D eigenvalue weighted by Gasteiger charge is 2.09. The second-order valence-electron chi connectivity index (χ2n) is 3.24. The van der Waals surface area contributed by atoms with E-state index in [1.807, 2.05) is 18.9 Å². The van der Waals surface area contributed by atoms with Crippen LogP contribution in [0.4, 0.5) is 0 Å². The fraction of sp³-hybridized carbons (Fsp3) is 0.182. The first-order chi connectivity index (χ1) is 6.49. The van der Waals surface area contributed by atoms with Gasteiger partial charge in [-0.1, -0.05) is 24.1 Å². The third-order valence-corrected chi connectivity index (χ3v) is 1.67. The van der Waals surface area contributed by atoms with Crippen molar-refractivity contribution in [3.05, 3.63) is 36.0 Å². The molecule has 3 nitrogen and oxygen atoms in total. The van der Waals surface area contributed by atoms with Crippen molar-refractivity contribution in [2.24, 2.45) is 5.73 Å². The molecule has 3 heteroatoms. The van der Waals surface area contributed by atoms with Gasteiger partial charge in [0.05, 0.1) is 5.54 Å². The Morgan fingerprint density at radius 2 is 2.29 bits per heavy atom. The minimum atomic E-state index is -1.14. The molecule has 0 heterocycles. The summed E-state index contributed by atoms with van der Waals surface area (Å²) in [6.45, 7) is 1.85. The van der Waals surface area contributed by atoms with E-state index in [9.17, 15) is 4.79 Å². The van der Waals surface area contributed by atoms with Crippen LogP contribution < -0.4 is 5.73 Å². The van der Waals surface area contributed by atoms with Gasteiger partial charge in [-0.3, -0.25) is 0 Å². The summed E-state index contributed by atoms with van der Waals surface area (Å²) in [5.74, 6) is 3.42. The first-order valence-corrected chi connectivity index (χ1v) is 4.12. The first kappa shape index (κ1) is 10.3. The summed E-state index contributed by atoms with van der Waals surface area (Å²) in [6, 6.07) is 0. The lowest BCUT2D eigenvalue weighted by molar-refractivity contribution is -0.130. The number of hydrogen-bond donors (Lipinski definition) is 2. The highest BCUT2D eigenvalue weighted by molar-refractivity contribution is 5.87. The lowest BCUT2D eigenvalue weighted by atomic mass is 10.0. The Balaban J connectivity index is 2.87. The van der Waals surface area contributed by atoms with Gasteiger partial charge in [0.15, 0.2) is 0 Å². The number of nitrogens with two attached hydrogens (primary N) is 1. The number of carbonyl (C=O) groups is 1. The SMILES string of the molecule is CC1(N)C=CC=C(C#CC(=O)O)C=C1. The van der Waals surface area contributed by atoms with Gasteiger partial charge in [0.1, 0.15) is 0 Å². The molecule has 3 N–H and O–H groups in total. The van der Waals surface area contributed by atoms with Gasteiger partial charge in [-0.15, -0.1) is 0 Å². The van der Waals surface area contributed by atoms with Crippen molar-refractivity contribution in [3.63, 3.8) is 0 Å². The van der Waals surface area contributed by atoms with E-state index in [2.05, 4.69) is 5.92 Å².